The molecular formula is C7H4ClN3O2. The van der Waals surface area contributed by atoms with Crippen molar-refractivity contribution in [2.24, 2.45) is 0 Å². The number of nitrogens with one attached hydrogen (secondary N) is 1. The number of nitrogens with zero attached hydrogens (tertiary/aromatic N) is 2. The fourth-order valence-corrected chi connectivity index (χ4v) is 1.03. The number of rotatable bonds is 1. The Morgan fingerprint density at radius 2 is 2.31 bits per heavy atom. The van der Waals surface area contributed by atoms with Gasteiger partial charge < -0.3 is 4.42 Å². The van der Waals surface area contributed by atoms with Gasteiger partial charge in [0.05, 0.1) is 0 Å². The number of pyridine rings is 1. The number of aromatic amines is 1. The van der Waals surface area contributed by atoms with Crippen LogP contribution in [0.15, 0.2) is 27.4 Å². The summed E-state index contributed by atoms with van der Waals surface area (Å²) in [5.41, 5.74) is 0.422. The monoisotopic (exact) mass is 197 g/mol. The quantitative estimate of drug-likeness (QED) is 0.695. The van der Waals surface area contributed by atoms with Crippen LogP contribution in [0.1, 0.15) is 0 Å². The second kappa shape index (κ2) is 3.02. The van der Waals surface area contributed by atoms with Crippen LogP contribution in [0.25, 0.3) is 11.6 Å². The maximum absolute atomic E-state index is 10.6. The molecule has 0 aliphatic heterocycles. The maximum Gasteiger partial charge on any atom is 0.434 e. The van der Waals surface area contributed by atoms with Crippen molar-refractivity contribution in [1.29, 1.82) is 0 Å². The summed E-state index contributed by atoms with van der Waals surface area (Å²) in [5, 5.41) is 6.06. The molecule has 0 spiro atoms. The van der Waals surface area contributed by atoms with Gasteiger partial charge in [0.15, 0.2) is 0 Å². The van der Waals surface area contributed by atoms with Gasteiger partial charge in [0.25, 0.3) is 5.89 Å². The summed E-state index contributed by atoms with van der Waals surface area (Å²) in [6, 6.07) is 4.96. The third kappa shape index (κ3) is 1.59. The smallest absolute Gasteiger partial charge is 0.386 e. The van der Waals surface area contributed by atoms with E-state index in [1.807, 2.05) is 0 Å². The topological polar surface area (TPSA) is 71.8 Å². The fourth-order valence-electron chi connectivity index (χ4n) is 0.867. The first kappa shape index (κ1) is 8.00. The second-order valence-corrected chi connectivity index (χ2v) is 2.65. The van der Waals surface area contributed by atoms with Gasteiger partial charge in [0.1, 0.15) is 10.8 Å². The zero-order chi connectivity index (χ0) is 9.26. The third-order valence-corrected chi connectivity index (χ3v) is 1.58. The molecule has 0 aliphatic rings. The Morgan fingerprint density at radius 1 is 1.46 bits per heavy atom. The van der Waals surface area contributed by atoms with Crippen LogP contribution in [0.4, 0.5) is 0 Å². The van der Waals surface area contributed by atoms with E-state index >= 15 is 0 Å². The predicted octanol–water partition coefficient (Wildman–Crippen LogP) is 1.08. The molecule has 0 atom stereocenters. The highest BCUT2D eigenvalue weighted by atomic mass is 35.5. The zero-order valence-corrected chi connectivity index (χ0v) is 7.08. The molecule has 0 aromatic carbocycles. The summed E-state index contributed by atoms with van der Waals surface area (Å²) in [6.45, 7) is 0. The van der Waals surface area contributed by atoms with Crippen LogP contribution in [-0.2, 0) is 0 Å². The lowest BCUT2D eigenvalue weighted by atomic mass is 10.3. The molecule has 0 saturated carbocycles. The molecule has 0 bridgehead atoms. The SMILES string of the molecule is O=c1[nH]nc(-c2cccc(Cl)n2)o1. The van der Waals surface area contributed by atoms with Crippen molar-refractivity contribution in [1.82, 2.24) is 15.2 Å². The summed E-state index contributed by atoms with van der Waals surface area (Å²) in [5.74, 6) is -0.482. The van der Waals surface area contributed by atoms with Crippen LogP contribution < -0.4 is 5.76 Å². The lowest BCUT2D eigenvalue weighted by molar-refractivity contribution is 0.525. The van der Waals surface area contributed by atoms with Crippen molar-refractivity contribution >= 4 is 11.6 Å². The average molecular weight is 198 g/mol. The largest absolute Gasteiger partial charge is 0.434 e. The molecule has 0 fully saturated rings. The van der Waals surface area contributed by atoms with Crippen LogP contribution in [-0.4, -0.2) is 15.2 Å². The van der Waals surface area contributed by atoms with Crippen molar-refractivity contribution < 1.29 is 4.42 Å². The number of halogens is 1. The molecule has 5 nitrogen and oxygen atoms in total. The van der Waals surface area contributed by atoms with E-state index in [1.54, 1.807) is 18.2 Å². The molecule has 13 heavy (non-hydrogen) atoms. The molecule has 2 aromatic heterocycles. The van der Waals surface area contributed by atoms with Crippen molar-refractivity contribution in [2.75, 3.05) is 0 Å². The molecule has 2 aromatic rings. The number of H-pyrrole nitrogens is 1. The Hall–Kier alpha value is -1.62. The highest BCUT2D eigenvalue weighted by Gasteiger charge is 2.05. The van der Waals surface area contributed by atoms with E-state index < -0.39 is 5.76 Å². The summed E-state index contributed by atoms with van der Waals surface area (Å²) in [7, 11) is 0. The van der Waals surface area contributed by atoms with Gasteiger partial charge in [-0.2, -0.15) is 0 Å². The van der Waals surface area contributed by atoms with Crippen molar-refractivity contribution in [3.8, 4) is 11.6 Å². The first-order valence-corrected chi connectivity index (χ1v) is 3.82. The number of hydrogen-bond donors (Lipinski definition) is 1. The Morgan fingerprint density at radius 3 is 2.92 bits per heavy atom. The molecule has 0 amide bonds. The van der Waals surface area contributed by atoms with E-state index in [2.05, 4.69) is 19.6 Å². The molecule has 1 N–H and O–H groups in total. The molecule has 2 rings (SSSR count). The Bertz CT molecular complexity index is 476. The van der Waals surface area contributed by atoms with E-state index in [9.17, 15) is 4.79 Å². The summed E-state index contributed by atoms with van der Waals surface area (Å²) < 4.78 is 4.68. The summed E-state index contributed by atoms with van der Waals surface area (Å²) in [6.07, 6.45) is 0. The third-order valence-electron chi connectivity index (χ3n) is 1.37. The minimum atomic E-state index is -0.614. The molecule has 0 radical (unpaired) electrons. The van der Waals surface area contributed by atoms with E-state index in [0.29, 0.717) is 10.8 Å². The predicted molar refractivity (Wildman–Crippen MR) is 45.4 cm³/mol. The van der Waals surface area contributed by atoms with E-state index in [4.69, 9.17) is 11.6 Å². The molecule has 0 unspecified atom stereocenters. The van der Waals surface area contributed by atoms with Crippen LogP contribution >= 0.6 is 11.6 Å². The van der Waals surface area contributed by atoms with Gasteiger partial charge in [-0.1, -0.05) is 17.7 Å². The van der Waals surface area contributed by atoms with Crippen LogP contribution in [0.5, 0.6) is 0 Å². The normalized spacial score (nSPS) is 10.2. The lowest BCUT2D eigenvalue weighted by Crippen LogP contribution is -1.93. The molecule has 0 saturated heterocycles. The highest BCUT2D eigenvalue weighted by Crippen LogP contribution is 2.14. The zero-order valence-electron chi connectivity index (χ0n) is 6.32. The van der Waals surface area contributed by atoms with Gasteiger partial charge >= 0.3 is 5.76 Å². The van der Waals surface area contributed by atoms with Crippen molar-refractivity contribution in [3.05, 3.63) is 33.9 Å². The minimum absolute atomic E-state index is 0.132. The van der Waals surface area contributed by atoms with Crippen LogP contribution in [0, 0.1) is 0 Å². The van der Waals surface area contributed by atoms with Crippen molar-refractivity contribution in [2.45, 2.75) is 0 Å². The first-order valence-electron chi connectivity index (χ1n) is 3.44. The van der Waals surface area contributed by atoms with Gasteiger partial charge in [0, 0.05) is 0 Å². The van der Waals surface area contributed by atoms with Gasteiger partial charge in [-0.3, -0.25) is 0 Å². The van der Waals surface area contributed by atoms with E-state index in [0.717, 1.165) is 0 Å². The summed E-state index contributed by atoms with van der Waals surface area (Å²) in [4.78, 5) is 14.5. The van der Waals surface area contributed by atoms with E-state index in [-0.39, 0.29) is 5.89 Å². The Balaban J connectivity index is 2.52. The highest BCUT2D eigenvalue weighted by molar-refractivity contribution is 6.29. The standard InChI is InChI=1S/C7H4ClN3O2/c8-5-3-1-2-4(9-5)6-10-11-7(12)13-6/h1-3H,(H,11,12). The molecule has 0 aliphatic carbocycles. The maximum atomic E-state index is 10.6. The van der Waals surface area contributed by atoms with Crippen molar-refractivity contribution in [3.63, 3.8) is 0 Å². The molecule has 66 valence electrons. The van der Waals surface area contributed by atoms with Gasteiger partial charge in [-0.25, -0.2) is 14.9 Å². The molecular weight excluding hydrogens is 194 g/mol. The average Bonchev–Trinajstić information content (AvgIpc) is 2.52. The second-order valence-electron chi connectivity index (χ2n) is 2.26. The van der Waals surface area contributed by atoms with Crippen LogP contribution in [0.3, 0.4) is 0 Å². The number of hydrogen-bond acceptors (Lipinski definition) is 4. The first-order chi connectivity index (χ1) is 6.25. The van der Waals surface area contributed by atoms with E-state index in [1.165, 1.54) is 0 Å². The number of aromatic nitrogens is 3. The Labute approximate surface area is 77.4 Å². The lowest BCUT2D eigenvalue weighted by Gasteiger charge is -1.92. The minimum Gasteiger partial charge on any atom is -0.386 e. The van der Waals surface area contributed by atoms with Crippen LogP contribution in [0.2, 0.25) is 5.15 Å². The fraction of sp³-hybridized carbons (Fsp3) is 0. The summed E-state index contributed by atoms with van der Waals surface area (Å²) >= 11 is 5.63. The molecule has 6 heteroatoms. The van der Waals surface area contributed by atoms with Gasteiger partial charge in [-0.15, -0.1) is 5.10 Å². The molecule has 2 heterocycles. The van der Waals surface area contributed by atoms with Gasteiger partial charge in [-0.05, 0) is 12.1 Å². The van der Waals surface area contributed by atoms with Gasteiger partial charge in [0.2, 0.25) is 0 Å². The Kier molecular flexibility index (Phi) is 1.86.